The second-order valence-corrected chi connectivity index (χ2v) is 5.63. The first-order valence-electron chi connectivity index (χ1n) is 7.59. The molecule has 3 nitrogen and oxygen atoms in total. The Morgan fingerprint density at radius 1 is 1.17 bits per heavy atom. The molecule has 0 fully saturated rings. The normalized spacial score (nSPS) is 10.2. The molecular formula is C20H16ClNO2. The van der Waals surface area contributed by atoms with Crippen LogP contribution in [0.15, 0.2) is 48.5 Å². The molecule has 3 aromatic rings. The summed E-state index contributed by atoms with van der Waals surface area (Å²) in [6.07, 6.45) is 1.45. The third-order valence-corrected chi connectivity index (χ3v) is 4.25. The van der Waals surface area contributed by atoms with E-state index in [4.69, 9.17) is 16.3 Å². The minimum Gasteiger partial charge on any atom is -0.497 e. The zero-order chi connectivity index (χ0) is 16.9. The molecule has 0 radical (unpaired) electrons. The van der Waals surface area contributed by atoms with Gasteiger partial charge in [-0.3, -0.25) is 4.79 Å². The van der Waals surface area contributed by atoms with Crippen LogP contribution in [-0.2, 0) is 6.54 Å². The van der Waals surface area contributed by atoms with E-state index in [2.05, 4.69) is 11.8 Å². The number of para-hydroxylation sites is 1. The van der Waals surface area contributed by atoms with Crippen molar-refractivity contribution in [1.82, 2.24) is 4.57 Å². The molecule has 1 aromatic heterocycles. The second-order valence-electron chi connectivity index (χ2n) is 5.27. The molecule has 3 rings (SSSR count). The zero-order valence-corrected chi connectivity index (χ0v) is 14.0. The molecule has 0 spiro atoms. The predicted octanol–water partition coefficient (Wildman–Crippen LogP) is 4.56. The summed E-state index contributed by atoms with van der Waals surface area (Å²) in [4.78, 5) is 11.3. The number of aldehydes is 1. The van der Waals surface area contributed by atoms with Crippen molar-refractivity contribution in [3.05, 3.63) is 64.8 Å². The van der Waals surface area contributed by atoms with Crippen molar-refractivity contribution in [2.45, 2.75) is 13.0 Å². The highest BCUT2D eigenvalue weighted by molar-refractivity contribution is 6.34. The molecule has 24 heavy (non-hydrogen) atoms. The van der Waals surface area contributed by atoms with E-state index in [9.17, 15) is 4.79 Å². The van der Waals surface area contributed by atoms with Gasteiger partial charge in [-0.05, 0) is 30.3 Å². The maximum atomic E-state index is 11.3. The average Bonchev–Trinajstić information content (AvgIpc) is 2.90. The first-order chi connectivity index (χ1) is 11.7. The van der Waals surface area contributed by atoms with Gasteiger partial charge in [-0.2, -0.15) is 0 Å². The third-order valence-electron chi connectivity index (χ3n) is 3.85. The molecule has 0 saturated heterocycles. The molecule has 0 unspecified atom stereocenters. The Balaban J connectivity index is 1.78. The maximum absolute atomic E-state index is 11.3. The summed E-state index contributed by atoms with van der Waals surface area (Å²) < 4.78 is 7.06. The number of carbonyl (C=O) groups is 1. The zero-order valence-electron chi connectivity index (χ0n) is 13.3. The fourth-order valence-corrected chi connectivity index (χ4v) is 2.96. The number of methoxy groups -OCH3 is 1. The van der Waals surface area contributed by atoms with E-state index >= 15 is 0 Å². The Morgan fingerprint density at radius 3 is 2.62 bits per heavy atom. The Labute approximate surface area is 145 Å². The van der Waals surface area contributed by atoms with Gasteiger partial charge in [-0.25, -0.2) is 0 Å². The maximum Gasteiger partial charge on any atom is 0.153 e. The van der Waals surface area contributed by atoms with Gasteiger partial charge in [0.2, 0.25) is 0 Å². The van der Waals surface area contributed by atoms with Crippen LogP contribution in [0.5, 0.6) is 5.75 Å². The predicted molar refractivity (Wildman–Crippen MR) is 96.8 cm³/mol. The van der Waals surface area contributed by atoms with Gasteiger partial charge in [0.15, 0.2) is 6.29 Å². The molecule has 2 aromatic carbocycles. The summed E-state index contributed by atoms with van der Waals surface area (Å²) in [6, 6.07) is 15.3. The standard InChI is InChI=1S/C20H16ClNO2/c1-24-16-11-9-15(10-12-16)6-4-5-13-22-19-8-3-2-7-17(19)18(14-23)20(22)21/h2-3,7-12,14H,5,13H2,1H3. The average molecular weight is 338 g/mol. The van der Waals surface area contributed by atoms with Crippen molar-refractivity contribution in [1.29, 1.82) is 0 Å². The number of halogens is 1. The Kier molecular flexibility index (Phi) is 4.88. The van der Waals surface area contributed by atoms with Crippen LogP contribution in [0.4, 0.5) is 0 Å². The van der Waals surface area contributed by atoms with E-state index < -0.39 is 0 Å². The lowest BCUT2D eigenvalue weighted by Crippen LogP contribution is -1.97. The van der Waals surface area contributed by atoms with Crippen LogP contribution in [0.2, 0.25) is 5.15 Å². The molecule has 0 amide bonds. The van der Waals surface area contributed by atoms with Crippen molar-refractivity contribution >= 4 is 28.8 Å². The number of carbonyl (C=O) groups excluding carboxylic acids is 1. The summed E-state index contributed by atoms with van der Waals surface area (Å²) in [5.41, 5.74) is 2.43. The number of aromatic nitrogens is 1. The van der Waals surface area contributed by atoms with Gasteiger partial charge in [0.25, 0.3) is 0 Å². The molecule has 0 aliphatic heterocycles. The third kappa shape index (κ3) is 3.15. The van der Waals surface area contributed by atoms with Gasteiger partial charge < -0.3 is 9.30 Å². The van der Waals surface area contributed by atoms with Crippen molar-refractivity contribution < 1.29 is 9.53 Å². The number of rotatable bonds is 4. The van der Waals surface area contributed by atoms with Crippen LogP contribution >= 0.6 is 11.6 Å². The molecule has 1 heterocycles. The topological polar surface area (TPSA) is 31.2 Å². The van der Waals surface area contributed by atoms with Crippen LogP contribution in [0.25, 0.3) is 10.9 Å². The quantitative estimate of drug-likeness (QED) is 0.516. The highest BCUT2D eigenvalue weighted by Crippen LogP contribution is 2.28. The molecule has 0 N–H and O–H groups in total. The number of hydrogen-bond donors (Lipinski definition) is 0. The number of ether oxygens (including phenoxy) is 1. The van der Waals surface area contributed by atoms with Crippen LogP contribution < -0.4 is 4.74 Å². The van der Waals surface area contributed by atoms with Crippen molar-refractivity contribution in [3.63, 3.8) is 0 Å². The largest absolute Gasteiger partial charge is 0.497 e. The fourth-order valence-electron chi connectivity index (χ4n) is 2.64. The number of nitrogens with zero attached hydrogens (tertiary/aromatic N) is 1. The molecule has 4 heteroatoms. The van der Waals surface area contributed by atoms with Gasteiger partial charge in [0.1, 0.15) is 10.9 Å². The Hall–Kier alpha value is -2.70. The molecular weight excluding hydrogens is 322 g/mol. The lowest BCUT2D eigenvalue weighted by atomic mass is 10.2. The molecule has 0 bridgehead atoms. The summed E-state index contributed by atoms with van der Waals surface area (Å²) in [5.74, 6) is 7.08. The van der Waals surface area contributed by atoms with Gasteiger partial charge in [0, 0.05) is 29.4 Å². The molecule has 120 valence electrons. The molecule has 0 aliphatic rings. The van der Waals surface area contributed by atoms with Gasteiger partial charge in [0.05, 0.1) is 12.7 Å². The number of fused-ring (bicyclic) bond motifs is 1. The minimum atomic E-state index is 0.470. The van der Waals surface area contributed by atoms with Gasteiger partial charge >= 0.3 is 0 Å². The van der Waals surface area contributed by atoms with E-state index in [1.165, 1.54) is 0 Å². The number of hydrogen-bond acceptors (Lipinski definition) is 2. The van der Waals surface area contributed by atoms with Crippen LogP contribution in [0, 0.1) is 11.8 Å². The number of aryl methyl sites for hydroxylation is 1. The monoisotopic (exact) mass is 337 g/mol. The minimum absolute atomic E-state index is 0.470. The first-order valence-corrected chi connectivity index (χ1v) is 7.97. The second kappa shape index (κ2) is 7.25. The van der Waals surface area contributed by atoms with Crippen LogP contribution in [0.3, 0.4) is 0 Å². The van der Waals surface area contributed by atoms with Gasteiger partial charge in [-0.15, -0.1) is 0 Å². The highest BCUT2D eigenvalue weighted by Gasteiger charge is 2.13. The number of benzene rings is 2. The highest BCUT2D eigenvalue weighted by atomic mass is 35.5. The summed E-state index contributed by atoms with van der Waals surface area (Å²) >= 11 is 6.35. The first kappa shape index (κ1) is 16.2. The van der Waals surface area contributed by atoms with E-state index in [1.54, 1.807) is 7.11 Å². The van der Waals surface area contributed by atoms with Crippen LogP contribution in [-0.4, -0.2) is 18.0 Å². The van der Waals surface area contributed by atoms with Crippen molar-refractivity contribution in [3.8, 4) is 17.6 Å². The van der Waals surface area contributed by atoms with E-state index in [-0.39, 0.29) is 0 Å². The SMILES string of the molecule is COc1ccc(C#CCCn2c(Cl)c(C=O)c3ccccc32)cc1. The molecule has 0 atom stereocenters. The molecule has 0 saturated carbocycles. The van der Waals surface area contributed by atoms with E-state index in [0.29, 0.717) is 23.7 Å². The Morgan fingerprint density at radius 2 is 1.92 bits per heavy atom. The van der Waals surface area contributed by atoms with E-state index in [1.807, 2.05) is 53.1 Å². The van der Waals surface area contributed by atoms with Crippen molar-refractivity contribution in [2.24, 2.45) is 0 Å². The smallest absolute Gasteiger partial charge is 0.153 e. The van der Waals surface area contributed by atoms with E-state index in [0.717, 1.165) is 28.5 Å². The lowest BCUT2D eigenvalue weighted by molar-refractivity contribution is 0.112. The van der Waals surface area contributed by atoms with Crippen molar-refractivity contribution in [2.75, 3.05) is 7.11 Å². The Bertz CT molecular complexity index is 930. The summed E-state index contributed by atoms with van der Waals surface area (Å²) in [6.45, 7) is 0.635. The fraction of sp³-hybridized carbons (Fsp3) is 0.150. The summed E-state index contributed by atoms with van der Waals surface area (Å²) in [5, 5.41) is 1.35. The van der Waals surface area contributed by atoms with Gasteiger partial charge in [-0.1, -0.05) is 41.6 Å². The molecule has 0 aliphatic carbocycles. The lowest BCUT2D eigenvalue weighted by Gasteiger charge is -2.03. The summed E-state index contributed by atoms with van der Waals surface area (Å²) in [7, 11) is 1.64. The van der Waals surface area contributed by atoms with Crippen LogP contribution in [0.1, 0.15) is 22.3 Å².